The van der Waals surface area contributed by atoms with Crippen LogP contribution in [0.2, 0.25) is 0 Å². The molecule has 0 fully saturated rings. The van der Waals surface area contributed by atoms with E-state index in [0.717, 1.165) is 24.2 Å². The number of hydrogen-bond donors (Lipinski definition) is 2. The van der Waals surface area contributed by atoms with Crippen molar-refractivity contribution in [1.29, 1.82) is 5.41 Å². The summed E-state index contributed by atoms with van der Waals surface area (Å²) >= 11 is 0. The van der Waals surface area contributed by atoms with Crippen LogP contribution in [0.15, 0.2) is 18.2 Å². The smallest absolute Gasteiger partial charge is 0.124 e. The van der Waals surface area contributed by atoms with Crippen LogP contribution in [0.3, 0.4) is 0 Å². The maximum atomic E-state index is 7.69. The highest BCUT2D eigenvalue weighted by Gasteiger charge is 2.17. The Morgan fingerprint density at radius 3 is 2.53 bits per heavy atom. The molecule has 0 aliphatic heterocycles. The fourth-order valence-corrected chi connectivity index (χ4v) is 2.17. The molecule has 1 atom stereocenters. The summed E-state index contributed by atoms with van der Waals surface area (Å²) in [5.74, 6) is 0.144. The normalized spacial score (nSPS) is 12.2. The summed E-state index contributed by atoms with van der Waals surface area (Å²) in [5.41, 5.74) is 8.80. The van der Waals surface area contributed by atoms with Crippen molar-refractivity contribution in [2.45, 2.75) is 40.2 Å². The van der Waals surface area contributed by atoms with E-state index in [4.69, 9.17) is 11.1 Å². The van der Waals surface area contributed by atoms with Crippen LogP contribution in [0, 0.1) is 12.3 Å². The predicted molar refractivity (Wildman–Crippen MR) is 75.0 cm³/mol. The van der Waals surface area contributed by atoms with Gasteiger partial charge in [0.25, 0.3) is 0 Å². The first-order valence-corrected chi connectivity index (χ1v) is 6.23. The third kappa shape index (κ3) is 2.78. The lowest BCUT2D eigenvalue weighted by Crippen LogP contribution is -2.34. The van der Waals surface area contributed by atoms with E-state index < -0.39 is 0 Å². The van der Waals surface area contributed by atoms with Crippen molar-refractivity contribution in [1.82, 2.24) is 0 Å². The zero-order valence-corrected chi connectivity index (χ0v) is 11.2. The fraction of sp³-hybridized carbons (Fsp3) is 0.500. The van der Waals surface area contributed by atoms with Crippen LogP contribution in [0.25, 0.3) is 0 Å². The summed E-state index contributed by atoms with van der Waals surface area (Å²) in [6, 6.07) is 6.42. The molecule has 1 aromatic carbocycles. The van der Waals surface area contributed by atoms with Gasteiger partial charge in [0.05, 0.1) is 5.69 Å². The number of anilines is 1. The maximum Gasteiger partial charge on any atom is 0.124 e. The van der Waals surface area contributed by atoms with Crippen LogP contribution < -0.4 is 10.6 Å². The topological polar surface area (TPSA) is 53.1 Å². The standard InChI is InChI=1S/C14H23N3/c1-5-11(4)17(6-2)13-10(3)8-7-9-12(13)14(15)16/h7-9,11H,5-6H2,1-4H3,(H3,15,16). The summed E-state index contributed by atoms with van der Waals surface area (Å²) in [7, 11) is 0. The zero-order chi connectivity index (χ0) is 13.0. The van der Waals surface area contributed by atoms with E-state index >= 15 is 0 Å². The summed E-state index contributed by atoms with van der Waals surface area (Å²) in [6.45, 7) is 9.54. The number of nitrogen functional groups attached to an aromatic ring is 1. The third-order valence-electron chi connectivity index (χ3n) is 3.28. The van der Waals surface area contributed by atoms with Crippen LogP contribution in [-0.4, -0.2) is 18.4 Å². The van der Waals surface area contributed by atoms with Gasteiger partial charge in [-0.1, -0.05) is 19.1 Å². The molecule has 0 amide bonds. The van der Waals surface area contributed by atoms with Gasteiger partial charge in [0.1, 0.15) is 5.84 Å². The second-order valence-corrected chi connectivity index (χ2v) is 4.43. The van der Waals surface area contributed by atoms with Gasteiger partial charge in [-0.2, -0.15) is 0 Å². The van der Waals surface area contributed by atoms with E-state index in [0.29, 0.717) is 6.04 Å². The number of amidine groups is 1. The van der Waals surface area contributed by atoms with Gasteiger partial charge in [-0.3, -0.25) is 5.41 Å². The molecule has 1 rings (SSSR count). The molecular weight excluding hydrogens is 210 g/mol. The average molecular weight is 233 g/mol. The highest BCUT2D eigenvalue weighted by Crippen LogP contribution is 2.27. The lowest BCUT2D eigenvalue weighted by Gasteiger charge is -2.32. The Bertz CT molecular complexity index is 398. The Balaban J connectivity index is 3.31. The Hall–Kier alpha value is -1.51. The highest BCUT2D eigenvalue weighted by atomic mass is 15.2. The monoisotopic (exact) mass is 233 g/mol. The molecule has 94 valence electrons. The highest BCUT2D eigenvalue weighted by molar-refractivity contribution is 6.01. The van der Waals surface area contributed by atoms with Crippen molar-refractivity contribution in [3.05, 3.63) is 29.3 Å². The fourth-order valence-electron chi connectivity index (χ4n) is 2.17. The van der Waals surface area contributed by atoms with Gasteiger partial charge in [-0.25, -0.2) is 0 Å². The van der Waals surface area contributed by atoms with E-state index in [1.807, 2.05) is 12.1 Å². The van der Waals surface area contributed by atoms with Crippen molar-refractivity contribution in [3.63, 3.8) is 0 Å². The number of aryl methyl sites for hydroxylation is 1. The molecule has 3 nitrogen and oxygen atoms in total. The van der Waals surface area contributed by atoms with Crippen molar-refractivity contribution in [2.75, 3.05) is 11.4 Å². The molecule has 0 aliphatic rings. The van der Waals surface area contributed by atoms with Crippen LogP contribution in [0.4, 0.5) is 5.69 Å². The van der Waals surface area contributed by atoms with Gasteiger partial charge >= 0.3 is 0 Å². The van der Waals surface area contributed by atoms with Gasteiger partial charge in [-0.05, 0) is 38.8 Å². The molecule has 0 aromatic heterocycles. The van der Waals surface area contributed by atoms with E-state index in [1.165, 1.54) is 5.56 Å². The zero-order valence-electron chi connectivity index (χ0n) is 11.2. The first-order valence-electron chi connectivity index (χ1n) is 6.23. The Morgan fingerprint density at radius 2 is 2.06 bits per heavy atom. The molecule has 1 unspecified atom stereocenters. The minimum Gasteiger partial charge on any atom is -0.384 e. The number of para-hydroxylation sites is 1. The Morgan fingerprint density at radius 1 is 1.41 bits per heavy atom. The lowest BCUT2D eigenvalue weighted by atomic mass is 10.0. The quantitative estimate of drug-likeness (QED) is 0.607. The molecule has 17 heavy (non-hydrogen) atoms. The van der Waals surface area contributed by atoms with Gasteiger partial charge in [0, 0.05) is 18.2 Å². The largest absolute Gasteiger partial charge is 0.384 e. The minimum absolute atomic E-state index is 0.144. The van der Waals surface area contributed by atoms with Crippen molar-refractivity contribution >= 4 is 11.5 Å². The second-order valence-electron chi connectivity index (χ2n) is 4.43. The number of nitrogens with one attached hydrogen (secondary N) is 1. The molecule has 3 N–H and O–H groups in total. The van der Waals surface area contributed by atoms with E-state index in [-0.39, 0.29) is 5.84 Å². The van der Waals surface area contributed by atoms with Crippen LogP contribution in [0.5, 0.6) is 0 Å². The number of hydrogen-bond acceptors (Lipinski definition) is 2. The van der Waals surface area contributed by atoms with Gasteiger partial charge < -0.3 is 10.6 Å². The van der Waals surface area contributed by atoms with E-state index in [1.54, 1.807) is 0 Å². The molecule has 0 aliphatic carbocycles. The number of nitrogens with zero attached hydrogens (tertiary/aromatic N) is 1. The van der Waals surface area contributed by atoms with Crippen molar-refractivity contribution in [2.24, 2.45) is 5.73 Å². The summed E-state index contributed by atoms with van der Waals surface area (Å²) in [4.78, 5) is 2.33. The molecule has 0 saturated heterocycles. The molecule has 1 aromatic rings. The number of rotatable bonds is 5. The van der Waals surface area contributed by atoms with Crippen LogP contribution >= 0.6 is 0 Å². The first kappa shape index (κ1) is 13.6. The Kier molecular flexibility index (Phi) is 4.55. The molecule has 3 heteroatoms. The predicted octanol–water partition coefficient (Wildman–Crippen LogP) is 2.90. The van der Waals surface area contributed by atoms with Gasteiger partial charge in [0.15, 0.2) is 0 Å². The average Bonchev–Trinajstić information content (AvgIpc) is 2.31. The minimum atomic E-state index is 0.144. The Labute approximate surface area is 104 Å². The molecule has 0 heterocycles. The number of benzene rings is 1. The molecule has 0 saturated carbocycles. The first-order chi connectivity index (χ1) is 8.02. The maximum absolute atomic E-state index is 7.69. The summed E-state index contributed by atoms with van der Waals surface area (Å²) in [5, 5.41) is 7.69. The van der Waals surface area contributed by atoms with Gasteiger partial charge in [-0.15, -0.1) is 0 Å². The molecule has 0 radical (unpaired) electrons. The summed E-state index contributed by atoms with van der Waals surface area (Å²) in [6.07, 6.45) is 1.08. The van der Waals surface area contributed by atoms with Crippen LogP contribution in [0.1, 0.15) is 38.3 Å². The van der Waals surface area contributed by atoms with E-state index in [2.05, 4.69) is 38.7 Å². The van der Waals surface area contributed by atoms with E-state index in [9.17, 15) is 0 Å². The number of nitrogens with two attached hydrogens (primary N) is 1. The van der Waals surface area contributed by atoms with Crippen LogP contribution in [-0.2, 0) is 0 Å². The summed E-state index contributed by atoms with van der Waals surface area (Å²) < 4.78 is 0. The molecular formula is C14H23N3. The van der Waals surface area contributed by atoms with Crippen molar-refractivity contribution < 1.29 is 0 Å². The van der Waals surface area contributed by atoms with Crippen molar-refractivity contribution in [3.8, 4) is 0 Å². The van der Waals surface area contributed by atoms with Gasteiger partial charge in [0.2, 0.25) is 0 Å². The SMILES string of the molecule is CCC(C)N(CC)c1c(C)cccc1C(=N)N. The molecule has 0 spiro atoms. The third-order valence-corrected chi connectivity index (χ3v) is 3.28. The second kappa shape index (κ2) is 5.71. The lowest BCUT2D eigenvalue weighted by molar-refractivity contribution is 0.628. The molecule has 0 bridgehead atoms.